The number of rotatable bonds is 6. The number of carbonyl (C=O) groups is 2. The summed E-state index contributed by atoms with van der Waals surface area (Å²) in [5.74, 6) is 0.0476. The Balaban J connectivity index is 1.92. The average Bonchev–Trinajstić information content (AvgIpc) is 3.06. The maximum Gasteiger partial charge on any atom is 0.276 e. The lowest BCUT2D eigenvalue weighted by molar-refractivity contribution is -0.121. The maximum atomic E-state index is 12.3. The van der Waals surface area contributed by atoms with Crippen LogP contribution in [0, 0.1) is 0 Å². The van der Waals surface area contributed by atoms with Crippen LogP contribution < -0.4 is 5.32 Å². The predicted molar refractivity (Wildman–Crippen MR) is 87.0 cm³/mol. The van der Waals surface area contributed by atoms with Crippen molar-refractivity contribution in [3.8, 4) is 0 Å². The van der Waals surface area contributed by atoms with Crippen molar-refractivity contribution < 1.29 is 9.59 Å². The first-order chi connectivity index (χ1) is 11.1. The smallest absolute Gasteiger partial charge is 0.276 e. The molecule has 1 aliphatic carbocycles. The Morgan fingerprint density at radius 3 is 2.43 bits per heavy atom. The van der Waals surface area contributed by atoms with Crippen molar-refractivity contribution >= 4 is 11.8 Å². The van der Waals surface area contributed by atoms with Crippen molar-refractivity contribution in [3.05, 3.63) is 11.9 Å². The van der Waals surface area contributed by atoms with Gasteiger partial charge in [0.2, 0.25) is 5.91 Å². The summed E-state index contributed by atoms with van der Waals surface area (Å²) in [6, 6.07) is 0.523. The Morgan fingerprint density at radius 1 is 1.22 bits per heavy atom. The van der Waals surface area contributed by atoms with Gasteiger partial charge in [-0.3, -0.25) is 9.59 Å². The summed E-state index contributed by atoms with van der Waals surface area (Å²) in [6.45, 7) is 7.12. The Labute approximate surface area is 137 Å². The van der Waals surface area contributed by atoms with Gasteiger partial charge in [-0.15, -0.1) is 5.10 Å². The molecule has 1 aromatic heterocycles. The maximum absolute atomic E-state index is 12.3. The Bertz CT molecular complexity index is 530. The van der Waals surface area contributed by atoms with Crippen LogP contribution in [0.5, 0.6) is 0 Å². The van der Waals surface area contributed by atoms with Crippen LogP contribution in [0.2, 0.25) is 0 Å². The van der Waals surface area contributed by atoms with Crippen LogP contribution in [0.4, 0.5) is 0 Å². The second kappa shape index (κ2) is 8.08. The van der Waals surface area contributed by atoms with E-state index in [0.717, 1.165) is 25.7 Å². The van der Waals surface area contributed by atoms with Gasteiger partial charge >= 0.3 is 0 Å². The molecule has 1 saturated carbocycles. The zero-order valence-electron chi connectivity index (χ0n) is 14.3. The van der Waals surface area contributed by atoms with Crippen LogP contribution in [0.15, 0.2) is 6.20 Å². The summed E-state index contributed by atoms with van der Waals surface area (Å²) in [7, 11) is 0. The van der Waals surface area contributed by atoms with Crippen LogP contribution in [-0.4, -0.2) is 50.8 Å². The Kier molecular flexibility index (Phi) is 6.12. The van der Waals surface area contributed by atoms with E-state index in [-0.39, 0.29) is 23.9 Å². The van der Waals surface area contributed by atoms with Crippen LogP contribution in [-0.2, 0) is 4.79 Å². The third-order valence-corrected chi connectivity index (χ3v) is 4.54. The van der Waals surface area contributed by atoms with Gasteiger partial charge in [0.15, 0.2) is 5.69 Å². The zero-order chi connectivity index (χ0) is 16.8. The van der Waals surface area contributed by atoms with Crippen molar-refractivity contribution in [1.82, 2.24) is 25.2 Å². The highest BCUT2D eigenvalue weighted by molar-refractivity contribution is 5.91. The van der Waals surface area contributed by atoms with Crippen molar-refractivity contribution in [2.45, 2.75) is 65.0 Å². The lowest BCUT2D eigenvalue weighted by atomic mass is 9.91. The molecule has 0 spiro atoms. The van der Waals surface area contributed by atoms with Gasteiger partial charge < -0.3 is 10.2 Å². The second-order valence-electron chi connectivity index (χ2n) is 5.99. The standard InChI is InChI=1S/C16H27N5O2/c1-4-15(22)17-12-7-9-13(10-8-12)21-11-14(18-19-21)16(23)20(5-2)6-3/h11-13H,4-10H2,1-3H3,(H,17,22). The summed E-state index contributed by atoms with van der Waals surface area (Å²) in [5, 5.41) is 11.2. The fourth-order valence-corrected chi connectivity index (χ4v) is 3.04. The van der Waals surface area contributed by atoms with Gasteiger partial charge in [-0.2, -0.15) is 0 Å². The van der Waals surface area contributed by atoms with E-state index >= 15 is 0 Å². The first-order valence-electron chi connectivity index (χ1n) is 8.59. The van der Waals surface area contributed by atoms with Gasteiger partial charge in [0.05, 0.1) is 12.2 Å². The van der Waals surface area contributed by atoms with Gasteiger partial charge in [-0.1, -0.05) is 12.1 Å². The molecule has 0 unspecified atom stereocenters. The molecule has 0 aromatic carbocycles. The predicted octanol–water partition coefficient (Wildman–Crippen LogP) is 1.77. The number of hydrogen-bond acceptors (Lipinski definition) is 4. The molecule has 1 aliphatic rings. The van der Waals surface area contributed by atoms with Crippen molar-refractivity contribution in [2.75, 3.05) is 13.1 Å². The molecule has 1 N–H and O–H groups in total. The molecule has 7 heteroatoms. The van der Waals surface area contributed by atoms with Crippen LogP contribution >= 0.6 is 0 Å². The number of carbonyl (C=O) groups excluding carboxylic acids is 2. The van der Waals surface area contributed by atoms with E-state index in [1.165, 1.54) is 0 Å². The summed E-state index contributed by atoms with van der Waals surface area (Å²) < 4.78 is 1.81. The van der Waals surface area contributed by atoms with Crippen molar-refractivity contribution in [2.24, 2.45) is 0 Å². The molecule has 0 bridgehead atoms. The summed E-state index contributed by atoms with van der Waals surface area (Å²) in [5.41, 5.74) is 0.412. The first-order valence-corrected chi connectivity index (χ1v) is 8.59. The molecular weight excluding hydrogens is 294 g/mol. The number of nitrogens with zero attached hydrogens (tertiary/aromatic N) is 4. The number of aromatic nitrogens is 3. The molecule has 23 heavy (non-hydrogen) atoms. The van der Waals surface area contributed by atoms with E-state index in [1.807, 2.05) is 25.5 Å². The number of nitrogens with one attached hydrogen (secondary N) is 1. The lowest BCUT2D eigenvalue weighted by Gasteiger charge is -2.28. The molecule has 0 aliphatic heterocycles. The SMILES string of the molecule is CCC(=O)NC1CCC(n2cc(C(=O)N(CC)CC)nn2)CC1. The topological polar surface area (TPSA) is 80.1 Å². The molecule has 0 saturated heterocycles. The summed E-state index contributed by atoms with van der Waals surface area (Å²) in [4.78, 5) is 25.5. The van der Waals surface area contributed by atoms with Crippen LogP contribution in [0.3, 0.4) is 0 Å². The quantitative estimate of drug-likeness (QED) is 0.866. The Morgan fingerprint density at radius 2 is 1.87 bits per heavy atom. The molecule has 1 aromatic rings. The number of amides is 2. The van der Waals surface area contributed by atoms with E-state index in [0.29, 0.717) is 25.2 Å². The minimum Gasteiger partial charge on any atom is -0.353 e. The molecule has 2 rings (SSSR count). The van der Waals surface area contributed by atoms with Crippen LogP contribution in [0.1, 0.15) is 69.4 Å². The second-order valence-corrected chi connectivity index (χ2v) is 5.99. The number of hydrogen-bond donors (Lipinski definition) is 1. The largest absolute Gasteiger partial charge is 0.353 e. The molecule has 0 atom stereocenters. The fraction of sp³-hybridized carbons (Fsp3) is 0.750. The summed E-state index contributed by atoms with van der Waals surface area (Å²) >= 11 is 0. The average molecular weight is 321 g/mol. The van der Waals surface area contributed by atoms with Gasteiger partial charge in [-0.25, -0.2) is 4.68 Å². The van der Waals surface area contributed by atoms with Gasteiger partial charge in [-0.05, 0) is 39.5 Å². The van der Waals surface area contributed by atoms with E-state index in [2.05, 4.69) is 15.6 Å². The normalized spacial score (nSPS) is 21.0. The Hall–Kier alpha value is -1.92. The third-order valence-electron chi connectivity index (χ3n) is 4.54. The lowest BCUT2D eigenvalue weighted by Crippen LogP contribution is -2.37. The highest BCUT2D eigenvalue weighted by atomic mass is 16.2. The molecular formula is C16H27N5O2. The minimum atomic E-state index is -0.0647. The summed E-state index contributed by atoms with van der Waals surface area (Å²) in [6.07, 6.45) is 6.05. The highest BCUT2D eigenvalue weighted by Gasteiger charge is 2.25. The molecule has 1 fully saturated rings. The van der Waals surface area contributed by atoms with Crippen molar-refractivity contribution in [1.29, 1.82) is 0 Å². The molecule has 2 amide bonds. The zero-order valence-corrected chi connectivity index (χ0v) is 14.3. The van der Waals surface area contributed by atoms with E-state index < -0.39 is 0 Å². The van der Waals surface area contributed by atoms with Gasteiger partial charge in [0.1, 0.15) is 0 Å². The van der Waals surface area contributed by atoms with Gasteiger partial charge in [0.25, 0.3) is 5.91 Å². The highest BCUT2D eigenvalue weighted by Crippen LogP contribution is 2.28. The fourth-order valence-electron chi connectivity index (χ4n) is 3.04. The van der Waals surface area contributed by atoms with E-state index in [1.54, 1.807) is 11.1 Å². The minimum absolute atomic E-state index is 0.0647. The van der Waals surface area contributed by atoms with E-state index in [9.17, 15) is 9.59 Å². The molecule has 0 radical (unpaired) electrons. The first kappa shape index (κ1) is 17.4. The molecule has 128 valence electrons. The van der Waals surface area contributed by atoms with Crippen molar-refractivity contribution in [3.63, 3.8) is 0 Å². The third kappa shape index (κ3) is 4.30. The van der Waals surface area contributed by atoms with E-state index in [4.69, 9.17) is 0 Å². The monoisotopic (exact) mass is 321 g/mol. The van der Waals surface area contributed by atoms with Gasteiger partial charge in [0, 0.05) is 25.6 Å². The molecule has 1 heterocycles. The van der Waals surface area contributed by atoms with Crippen LogP contribution in [0.25, 0.3) is 0 Å². The molecule has 7 nitrogen and oxygen atoms in total.